The summed E-state index contributed by atoms with van der Waals surface area (Å²) in [5.74, 6) is 0. The molecule has 0 saturated carbocycles. The summed E-state index contributed by atoms with van der Waals surface area (Å²) in [6, 6.07) is 0.484. The van der Waals surface area contributed by atoms with Crippen molar-refractivity contribution in [2.24, 2.45) is 0 Å². The maximum absolute atomic E-state index is 9.79. The van der Waals surface area contributed by atoms with Crippen LogP contribution in [0.4, 0.5) is 0 Å². The van der Waals surface area contributed by atoms with Crippen molar-refractivity contribution in [3.63, 3.8) is 0 Å². The molecule has 0 atom stereocenters. The van der Waals surface area contributed by atoms with Crippen molar-refractivity contribution in [1.29, 1.82) is 0 Å². The van der Waals surface area contributed by atoms with Crippen LogP contribution >= 0.6 is 0 Å². The predicted molar refractivity (Wildman–Crippen MR) is 37.0 cm³/mol. The van der Waals surface area contributed by atoms with Crippen LogP contribution in [-0.2, 0) is 4.79 Å². The van der Waals surface area contributed by atoms with Crippen molar-refractivity contribution < 1.29 is 4.79 Å². The molecule has 0 unspecified atom stereocenters. The fourth-order valence-corrected chi connectivity index (χ4v) is 0.364. The van der Waals surface area contributed by atoms with Crippen molar-refractivity contribution in [2.75, 3.05) is 13.7 Å². The van der Waals surface area contributed by atoms with Crippen molar-refractivity contribution in [1.82, 2.24) is 10.2 Å². The van der Waals surface area contributed by atoms with Gasteiger partial charge in [-0.2, -0.15) is 0 Å². The largest absolute Gasteiger partial charge is 0.346 e. The van der Waals surface area contributed by atoms with E-state index in [0.717, 1.165) is 0 Å². The third kappa shape index (κ3) is 3.97. The fourth-order valence-electron chi connectivity index (χ4n) is 0.364. The van der Waals surface area contributed by atoms with Crippen LogP contribution in [0.25, 0.3) is 0 Å². The molecule has 0 aromatic carbocycles. The van der Waals surface area contributed by atoms with Gasteiger partial charge in [-0.05, 0) is 20.9 Å². The second-order valence-electron chi connectivity index (χ2n) is 2.33. The molecule has 0 aliphatic rings. The van der Waals surface area contributed by atoms with Crippen LogP contribution in [-0.4, -0.2) is 31.1 Å². The topological polar surface area (TPSA) is 32.3 Å². The molecule has 0 bridgehead atoms. The highest BCUT2D eigenvalue weighted by Crippen LogP contribution is 1.88. The number of hydrogen-bond acceptors (Lipinski definition) is 2. The SMILES string of the molecule is CC(C)N(C)CNC=O. The van der Waals surface area contributed by atoms with E-state index in [4.69, 9.17) is 0 Å². The van der Waals surface area contributed by atoms with Gasteiger partial charge in [0.05, 0.1) is 6.67 Å². The molecule has 0 heterocycles. The average molecular weight is 130 g/mol. The Bertz CT molecular complexity index is 83.1. The monoisotopic (exact) mass is 130 g/mol. The van der Waals surface area contributed by atoms with Gasteiger partial charge in [-0.1, -0.05) is 0 Å². The molecular weight excluding hydrogens is 116 g/mol. The highest BCUT2D eigenvalue weighted by atomic mass is 16.1. The molecule has 0 radical (unpaired) electrons. The van der Waals surface area contributed by atoms with Crippen LogP contribution in [0.3, 0.4) is 0 Å². The van der Waals surface area contributed by atoms with Crippen molar-refractivity contribution >= 4 is 6.41 Å². The molecular formula is C6H14N2O. The fraction of sp³-hybridized carbons (Fsp3) is 0.833. The second-order valence-corrected chi connectivity index (χ2v) is 2.33. The molecule has 1 N–H and O–H groups in total. The summed E-state index contributed by atoms with van der Waals surface area (Å²) in [7, 11) is 1.96. The van der Waals surface area contributed by atoms with Crippen LogP contribution in [0.2, 0.25) is 0 Å². The first kappa shape index (κ1) is 8.43. The van der Waals surface area contributed by atoms with Gasteiger partial charge < -0.3 is 5.32 Å². The Hall–Kier alpha value is -0.570. The summed E-state index contributed by atoms with van der Waals surface area (Å²) in [5, 5.41) is 2.57. The Balaban J connectivity index is 3.26. The molecule has 3 heteroatoms. The summed E-state index contributed by atoms with van der Waals surface area (Å²) in [6.45, 7) is 4.78. The number of rotatable bonds is 4. The molecule has 0 aliphatic carbocycles. The minimum atomic E-state index is 0.484. The maximum atomic E-state index is 9.79. The van der Waals surface area contributed by atoms with Gasteiger partial charge in [0.2, 0.25) is 6.41 Å². The van der Waals surface area contributed by atoms with Gasteiger partial charge in [0.1, 0.15) is 0 Å². The number of carbonyl (C=O) groups excluding carboxylic acids is 1. The van der Waals surface area contributed by atoms with Gasteiger partial charge in [-0.25, -0.2) is 0 Å². The van der Waals surface area contributed by atoms with Crippen molar-refractivity contribution in [3.05, 3.63) is 0 Å². The zero-order valence-corrected chi connectivity index (χ0v) is 6.22. The van der Waals surface area contributed by atoms with Crippen molar-refractivity contribution in [2.45, 2.75) is 19.9 Å². The molecule has 3 nitrogen and oxygen atoms in total. The molecule has 0 aromatic rings. The van der Waals surface area contributed by atoms with Crippen LogP contribution in [0.15, 0.2) is 0 Å². The van der Waals surface area contributed by atoms with E-state index in [1.807, 2.05) is 11.9 Å². The van der Waals surface area contributed by atoms with Crippen LogP contribution in [0.5, 0.6) is 0 Å². The molecule has 54 valence electrons. The van der Waals surface area contributed by atoms with Crippen LogP contribution < -0.4 is 5.32 Å². The lowest BCUT2D eigenvalue weighted by Gasteiger charge is -2.19. The van der Waals surface area contributed by atoms with E-state index in [2.05, 4.69) is 19.2 Å². The Morgan fingerprint density at radius 1 is 1.67 bits per heavy atom. The maximum Gasteiger partial charge on any atom is 0.208 e. The third-order valence-electron chi connectivity index (χ3n) is 1.31. The van der Waals surface area contributed by atoms with E-state index >= 15 is 0 Å². The summed E-state index contributed by atoms with van der Waals surface area (Å²) in [4.78, 5) is 11.8. The highest BCUT2D eigenvalue weighted by Gasteiger charge is 1.99. The van der Waals surface area contributed by atoms with E-state index in [0.29, 0.717) is 19.1 Å². The quantitative estimate of drug-likeness (QED) is 0.430. The van der Waals surface area contributed by atoms with E-state index in [1.165, 1.54) is 0 Å². The Morgan fingerprint density at radius 2 is 2.22 bits per heavy atom. The van der Waals surface area contributed by atoms with Crippen LogP contribution in [0.1, 0.15) is 13.8 Å². The van der Waals surface area contributed by atoms with Gasteiger partial charge in [-0.3, -0.25) is 9.69 Å². The number of hydrogen-bond donors (Lipinski definition) is 1. The number of nitrogens with one attached hydrogen (secondary N) is 1. The van der Waals surface area contributed by atoms with E-state index in [1.54, 1.807) is 0 Å². The molecule has 0 spiro atoms. The number of amides is 1. The predicted octanol–water partition coefficient (Wildman–Crippen LogP) is 0.0301. The van der Waals surface area contributed by atoms with Gasteiger partial charge in [0, 0.05) is 6.04 Å². The van der Waals surface area contributed by atoms with E-state index < -0.39 is 0 Å². The van der Waals surface area contributed by atoms with Crippen LogP contribution in [0, 0.1) is 0 Å². The number of carbonyl (C=O) groups is 1. The van der Waals surface area contributed by atoms with Gasteiger partial charge in [0.25, 0.3) is 0 Å². The molecule has 0 saturated heterocycles. The third-order valence-corrected chi connectivity index (χ3v) is 1.31. The molecule has 0 aliphatic heterocycles. The van der Waals surface area contributed by atoms with Gasteiger partial charge >= 0.3 is 0 Å². The second kappa shape index (κ2) is 4.32. The lowest BCUT2D eigenvalue weighted by Crippen LogP contribution is -2.35. The molecule has 0 fully saturated rings. The first-order valence-electron chi connectivity index (χ1n) is 3.05. The first-order valence-corrected chi connectivity index (χ1v) is 3.05. The number of nitrogens with zero attached hydrogens (tertiary/aromatic N) is 1. The molecule has 0 aromatic heterocycles. The normalized spacial score (nSPS) is 10.3. The van der Waals surface area contributed by atoms with Gasteiger partial charge in [-0.15, -0.1) is 0 Å². The molecule has 0 rings (SSSR count). The Kier molecular flexibility index (Phi) is 4.05. The minimum absolute atomic E-state index is 0.484. The van der Waals surface area contributed by atoms with Crippen molar-refractivity contribution in [3.8, 4) is 0 Å². The molecule has 1 amide bonds. The molecule has 9 heavy (non-hydrogen) atoms. The minimum Gasteiger partial charge on any atom is -0.346 e. The summed E-state index contributed by atoms with van der Waals surface area (Å²) < 4.78 is 0. The average Bonchev–Trinajstić information content (AvgIpc) is 1.82. The van der Waals surface area contributed by atoms with Gasteiger partial charge in [0.15, 0.2) is 0 Å². The standard InChI is InChI=1S/C6H14N2O/c1-6(2)8(3)4-7-5-9/h5-6H,4H2,1-3H3,(H,7,9). The highest BCUT2D eigenvalue weighted by molar-refractivity contribution is 5.45. The smallest absolute Gasteiger partial charge is 0.208 e. The zero-order chi connectivity index (χ0) is 7.28. The zero-order valence-electron chi connectivity index (χ0n) is 6.22. The summed E-state index contributed by atoms with van der Waals surface area (Å²) in [6.07, 6.45) is 0.707. The van der Waals surface area contributed by atoms with E-state index in [-0.39, 0.29) is 0 Å². The Morgan fingerprint density at radius 3 is 2.56 bits per heavy atom. The van der Waals surface area contributed by atoms with E-state index in [9.17, 15) is 4.79 Å². The lowest BCUT2D eigenvalue weighted by molar-refractivity contribution is -0.110. The Labute approximate surface area is 56.0 Å². The summed E-state index contributed by atoms with van der Waals surface area (Å²) >= 11 is 0. The lowest BCUT2D eigenvalue weighted by atomic mass is 10.4. The summed E-state index contributed by atoms with van der Waals surface area (Å²) in [5.41, 5.74) is 0. The first-order chi connectivity index (χ1) is 4.18.